The van der Waals surface area contributed by atoms with Crippen LogP contribution in [0.5, 0.6) is 0 Å². The normalized spacial score (nSPS) is 15.2. The van der Waals surface area contributed by atoms with Crippen molar-refractivity contribution in [1.29, 1.82) is 0 Å². The Labute approximate surface area is 144 Å². The Balaban J connectivity index is 1.44. The lowest BCUT2D eigenvalue weighted by atomic mass is 10.1. The van der Waals surface area contributed by atoms with Gasteiger partial charge in [-0.1, -0.05) is 35.5 Å². The average molecular weight is 338 g/mol. The van der Waals surface area contributed by atoms with Crippen molar-refractivity contribution in [3.63, 3.8) is 0 Å². The molecule has 128 valence electrons. The van der Waals surface area contributed by atoms with Crippen molar-refractivity contribution in [2.75, 3.05) is 18.5 Å². The van der Waals surface area contributed by atoms with E-state index in [0.717, 1.165) is 31.6 Å². The third-order valence-corrected chi connectivity index (χ3v) is 4.23. The minimum Gasteiger partial charge on any atom is -0.381 e. The van der Waals surface area contributed by atoms with Crippen molar-refractivity contribution >= 4 is 11.6 Å². The Bertz CT molecular complexity index is 850. The maximum Gasteiger partial charge on any atom is 0.277 e. The maximum atomic E-state index is 12.4. The Morgan fingerprint density at radius 3 is 2.80 bits per heavy atom. The monoisotopic (exact) mass is 338 g/mol. The van der Waals surface area contributed by atoms with Gasteiger partial charge in [-0.05, 0) is 12.8 Å². The second-order valence-corrected chi connectivity index (χ2v) is 5.95. The molecule has 0 radical (unpaired) electrons. The van der Waals surface area contributed by atoms with E-state index in [-0.39, 0.29) is 11.6 Å². The highest BCUT2D eigenvalue weighted by atomic mass is 16.5. The van der Waals surface area contributed by atoms with Gasteiger partial charge >= 0.3 is 0 Å². The van der Waals surface area contributed by atoms with Crippen molar-refractivity contribution in [3.8, 4) is 11.3 Å². The van der Waals surface area contributed by atoms with Crippen molar-refractivity contribution in [2.45, 2.75) is 18.9 Å². The first kappa shape index (κ1) is 15.6. The minimum atomic E-state index is -0.322. The van der Waals surface area contributed by atoms with Crippen LogP contribution in [0.25, 0.3) is 11.3 Å². The first-order chi connectivity index (χ1) is 12.3. The van der Waals surface area contributed by atoms with E-state index < -0.39 is 0 Å². The summed E-state index contributed by atoms with van der Waals surface area (Å²) in [5.41, 5.74) is 1.75. The highest BCUT2D eigenvalue weighted by Crippen LogP contribution is 2.23. The summed E-state index contributed by atoms with van der Waals surface area (Å²) in [4.78, 5) is 12.4. The molecule has 3 aromatic rings. The summed E-state index contributed by atoms with van der Waals surface area (Å²) in [6.07, 6.45) is 5.34. The van der Waals surface area contributed by atoms with Crippen molar-refractivity contribution in [1.82, 2.24) is 14.9 Å². The topological polar surface area (TPSA) is 82.2 Å². The molecule has 0 atom stereocenters. The van der Waals surface area contributed by atoms with E-state index in [1.807, 2.05) is 41.2 Å². The SMILES string of the molecule is O=C(Nc1cnn(C2CCOCC2)c1)c1cc(-c2ccccc2)on1. The lowest BCUT2D eigenvalue weighted by Crippen LogP contribution is -2.19. The van der Waals surface area contributed by atoms with Gasteiger partial charge in [0.05, 0.1) is 17.9 Å². The summed E-state index contributed by atoms with van der Waals surface area (Å²) in [7, 11) is 0. The van der Waals surface area contributed by atoms with Gasteiger partial charge in [0.15, 0.2) is 11.5 Å². The predicted octanol–water partition coefficient (Wildman–Crippen LogP) is 3.14. The Morgan fingerprint density at radius 2 is 2.00 bits per heavy atom. The zero-order valence-electron chi connectivity index (χ0n) is 13.6. The fourth-order valence-electron chi connectivity index (χ4n) is 2.87. The first-order valence-corrected chi connectivity index (χ1v) is 8.25. The second kappa shape index (κ2) is 6.90. The number of carbonyl (C=O) groups excluding carboxylic acids is 1. The van der Waals surface area contributed by atoms with Crippen molar-refractivity contribution in [2.24, 2.45) is 0 Å². The number of hydrogen-bond donors (Lipinski definition) is 1. The number of anilines is 1. The van der Waals surface area contributed by atoms with Gasteiger partial charge in [0.2, 0.25) is 0 Å². The highest BCUT2D eigenvalue weighted by Gasteiger charge is 2.18. The van der Waals surface area contributed by atoms with E-state index in [1.165, 1.54) is 0 Å². The van der Waals surface area contributed by atoms with Gasteiger partial charge in [0, 0.05) is 31.0 Å². The maximum absolute atomic E-state index is 12.4. The zero-order valence-corrected chi connectivity index (χ0v) is 13.6. The van der Waals surface area contributed by atoms with E-state index in [4.69, 9.17) is 9.26 Å². The third-order valence-electron chi connectivity index (χ3n) is 4.23. The average Bonchev–Trinajstić information content (AvgIpc) is 3.33. The summed E-state index contributed by atoms with van der Waals surface area (Å²) < 4.78 is 12.5. The van der Waals surface area contributed by atoms with E-state index in [9.17, 15) is 4.79 Å². The van der Waals surface area contributed by atoms with Crippen LogP contribution < -0.4 is 5.32 Å². The van der Waals surface area contributed by atoms with Crippen LogP contribution in [0, 0.1) is 0 Å². The molecule has 0 saturated carbocycles. The van der Waals surface area contributed by atoms with Gasteiger partial charge in [0.1, 0.15) is 0 Å². The van der Waals surface area contributed by atoms with Crippen LogP contribution in [0.4, 0.5) is 5.69 Å². The summed E-state index contributed by atoms with van der Waals surface area (Å²) in [6, 6.07) is 11.5. The van der Waals surface area contributed by atoms with Crippen LogP contribution in [0.1, 0.15) is 29.4 Å². The summed E-state index contributed by atoms with van der Waals surface area (Å²) >= 11 is 0. The molecule has 0 unspecified atom stereocenters. The largest absolute Gasteiger partial charge is 0.381 e. The number of hydrogen-bond acceptors (Lipinski definition) is 5. The van der Waals surface area contributed by atoms with Crippen LogP contribution in [0.3, 0.4) is 0 Å². The molecule has 1 fully saturated rings. The fourth-order valence-corrected chi connectivity index (χ4v) is 2.87. The molecule has 2 aromatic heterocycles. The second-order valence-electron chi connectivity index (χ2n) is 5.95. The number of ether oxygens (including phenoxy) is 1. The number of nitrogens with one attached hydrogen (secondary N) is 1. The lowest BCUT2D eigenvalue weighted by Gasteiger charge is -2.22. The number of rotatable bonds is 4. The molecular formula is C18H18N4O3. The Morgan fingerprint density at radius 1 is 1.20 bits per heavy atom. The highest BCUT2D eigenvalue weighted by molar-refractivity contribution is 6.03. The van der Waals surface area contributed by atoms with Gasteiger partial charge < -0.3 is 14.6 Å². The van der Waals surface area contributed by atoms with Gasteiger partial charge in [-0.2, -0.15) is 5.10 Å². The minimum absolute atomic E-state index is 0.234. The van der Waals surface area contributed by atoms with Crippen LogP contribution in [-0.4, -0.2) is 34.1 Å². The van der Waals surface area contributed by atoms with Crippen LogP contribution >= 0.6 is 0 Å². The molecule has 0 spiro atoms. The summed E-state index contributed by atoms with van der Waals surface area (Å²) in [6.45, 7) is 1.49. The van der Waals surface area contributed by atoms with Crippen LogP contribution in [0.15, 0.2) is 53.3 Å². The van der Waals surface area contributed by atoms with Gasteiger partial charge in [-0.15, -0.1) is 0 Å². The molecule has 1 N–H and O–H groups in total. The van der Waals surface area contributed by atoms with Gasteiger partial charge in [0.25, 0.3) is 5.91 Å². The lowest BCUT2D eigenvalue weighted by molar-refractivity contribution is 0.0662. The first-order valence-electron chi connectivity index (χ1n) is 8.25. The molecule has 1 aliphatic rings. The number of amides is 1. The fraction of sp³-hybridized carbons (Fsp3) is 0.278. The van der Waals surface area contributed by atoms with E-state index in [2.05, 4.69) is 15.6 Å². The molecular weight excluding hydrogens is 320 g/mol. The van der Waals surface area contributed by atoms with E-state index in [0.29, 0.717) is 17.5 Å². The van der Waals surface area contributed by atoms with E-state index >= 15 is 0 Å². The molecule has 7 heteroatoms. The quantitative estimate of drug-likeness (QED) is 0.790. The molecule has 3 heterocycles. The summed E-state index contributed by atoms with van der Waals surface area (Å²) in [5.74, 6) is 0.237. The predicted molar refractivity (Wildman–Crippen MR) is 91.2 cm³/mol. The van der Waals surface area contributed by atoms with Crippen LogP contribution in [-0.2, 0) is 4.74 Å². The Hall–Kier alpha value is -2.93. The van der Waals surface area contributed by atoms with E-state index in [1.54, 1.807) is 12.3 Å². The molecule has 1 aromatic carbocycles. The number of nitrogens with zero attached hydrogens (tertiary/aromatic N) is 3. The van der Waals surface area contributed by atoms with Crippen molar-refractivity contribution < 1.29 is 14.1 Å². The molecule has 7 nitrogen and oxygen atoms in total. The van der Waals surface area contributed by atoms with Gasteiger partial charge in [-0.3, -0.25) is 9.48 Å². The van der Waals surface area contributed by atoms with Crippen molar-refractivity contribution in [3.05, 3.63) is 54.5 Å². The third kappa shape index (κ3) is 3.46. The number of carbonyl (C=O) groups is 1. The molecule has 4 rings (SSSR count). The van der Waals surface area contributed by atoms with Gasteiger partial charge in [-0.25, -0.2) is 0 Å². The molecule has 1 amide bonds. The molecule has 1 aliphatic heterocycles. The van der Waals surface area contributed by atoms with Crippen LogP contribution in [0.2, 0.25) is 0 Å². The number of benzene rings is 1. The molecule has 0 bridgehead atoms. The molecule has 1 saturated heterocycles. The molecule has 0 aliphatic carbocycles. The molecule has 25 heavy (non-hydrogen) atoms. The Kier molecular flexibility index (Phi) is 4.30. The summed E-state index contributed by atoms with van der Waals surface area (Å²) in [5, 5.41) is 11.0. The zero-order chi connectivity index (χ0) is 17.1. The number of aromatic nitrogens is 3. The smallest absolute Gasteiger partial charge is 0.277 e. The standard InChI is InChI=1S/C18H18N4O3/c23-18(16-10-17(25-21-16)13-4-2-1-3-5-13)20-14-11-19-22(12-14)15-6-8-24-9-7-15/h1-5,10-12,15H,6-9H2,(H,20,23).